The summed E-state index contributed by atoms with van der Waals surface area (Å²) < 4.78 is 1.24. The van der Waals surface area contributed by atoms with E-state index in [2.05, 4.69) is 20.0 Å². The third-order valence-corrected chi connectivity index (χ3v) is 4.55. The molecule has 2 aromatic heterocycles. The van der Waals surface area contributed by atoms with Crippen LogP contribution in [0.1, 0.15) is 0 Å². The van der Waals surface area contributed by atoms with Crippen LogP contribution in [0.2, 0.25) is 0 Å². The summed E-state index contributed by atoms with van der Waals surface area (Å²) >= 11 is 0. The molecule has 26 heavy (non-hydrogen) atoms. The molecule has 0 bridgehead atoms. The summed E-state index contributed by atoms with van der Waals surface area (Å²) in [6, 6.07) is 7.25. The number of piperazine rings is 1. The third kappa shape index (κ3) is 3.13. The first-order valence-electron chi connectivity index (χ1n) is 8.46. The van der Waals surface area contributed by atoms with Gasteiger partial charge in [0.15, 0.2) is 0 Å². The molecule has 8 nitrogen and oxygen atoms in total. The van der Waals surface area contributed by atoms with Crippen molar-refractivity contribution >= 4 is 22.5 Å². The smallest absolute Gasteiger partial charge is 0.275 e. The Balaban J connectivity index is 1.43. The molecular weight excluding hydrogens is 332 g/mol. The molecule has 0 atom stereocenters. The fourth-order valence-corrected chi connectivity index (χ4v) is 3.11. The molecule has 1 fully saturated rings. The minimum absolute atomic E-state index is 0.0468. The third-order valence-electron chi connectivity index (χ3n) is 4.55. The largest absolute Gasteiger partial charge is 0.352 e. The van der Waals surface area contributed by atoms with Crippen molar-refractivity contribution in [2.45, 2.75) is 6.54 Å². The number of fused-ring (bicyclic) bond motifs is 1. The second-order valence-electron chi connectivity index (χ2n) is 6.13. The number of benzene rings is 1. The Labute approximate surface area is 149 Å². The minimum Gasteiger partial charge on any atom is -0.352 e. The Morgan fingerprint density at radius 3 is 2.62 bits per heavy atom. The fraction of sp³-hybridized carbons (Fsp3) is 0.278. The first kappa shape index (κ1) is 16.2. The standard InChI is InChI=1S/C18H18N6O2/c25-17(13-24-18(26)15-4-2-1-3-14(15)11-21-24)23-9-7-22(8-10-23)16-12-19-5-6-20-16/h1-6,11-12H,7-10,13H2. The summed E-state index contributed by atoms with van der Waals surface area (Å²) in [5.41, 5.74) is -0.241. The van der Waals surface area contributed by atoms with Gasteiger partial charge in [-0.2, -0.15) is 5.10 Å². The van der Waals surface area contributed by atoms with Crippen LogP contribution in [0.5, 0.6) is 0 Å². The van der Waals surface area contributed by atoms with Crippen LogP contribution in [0, 0.1) is 0 Å². The quantitative estimate of drug-likeness (QED) is 0.685. The van der Waals surface area contributed by atoms with Crippen molar-refractivity contribution in [2.24, 2.45) is 0 Å². The number of rotatable bonds is 3. The fourth-order valence-electron chi connectivity index (χ4n) is 3.11. The number of anilines is 1. The van der Waals surface area contributed by atoms with Crippen LogP contribution in [0.25, 0.3) is 10.8 Å². The van der Waals surface area contributed by atoms with Gasteiger partial charge in [-0.1, -0.05) is 18.2 Å². The van der Waals surface area contributed by atoms with Crippen molar-refractivity contribution < 1.29 is 4.79 Å². The maximum Gasteiger partial charge on any atom is 0.275 e. The van der Waals surface area contributed by atoms with E-state index in [0.717, 1.165) is 11.2 Å². The number of nitrogens with zero attached hydrogens (tertiary/aromatic N) is 6. The van der Waals surface area contributed by atoms with Crippen molar-refractivity contribution in [1.82, 2.24) is 24.6 Å². The topological polar surface area (TPSA) is 84.2 Å². The normalized spacial score (nSPS) is 14.6. The van der Waals surface area contributed by atoms with E-state index in [1.165, 1.54) is 4.68 Å². The Morgan fingerprint density at radius 2 is 1.85 bits per heavy atom. The summed E-state index contributed by atoms with van der Waals surface area (Å²) in [7, 11) is 0. The van der Waals surface area contributed by atoms with Crippen LogP contribution in [0.3, 0.4) is 0 Å². The van der Waals surface area contributed by atoms with Crippen molar-refractivity contribution in [2.75, 3.05) is 31.1 Å². The number of carbonyl (C=O) groups excluding carboxylic acids is 1. The molecule has 0 N–H and O–H groups in total. The lowest BCUT2D eigenvalue weighted by molar-refractivity contribution is -0.132. The SMILES string of the molecule is O=C(Cn1ncc2ccccc2c1=O)N1CCN(c2cnccn2)CC1. The lowest BCUT2D eigenvalue weighted by Crippen LogP contribution is -2.50. The lowest BCUT2D eigenvalue weighted by Gasteiger charge is -2.35. The highest BCUT2D eigenvalue weighted by Crippen LogP contribution is 2.12. The molecule has 0 unspecified atom stereocenters. The van der Waals surface area contributed by atoms with E-state index in [9.17, 15) is 9.59 Å². The van der Waals surface area contributed by atoms with Crippen molar-refractivity contribution in [3.8, 4) is 0 Å². The van der Waals surface area contributed by atoms with Gasteiger partial charge in [0, 0.05) is 44.0 Å². The molecule has 1 amide bonds. The Morgan fingerprint density at radius 1 is 1.04 bits per heavy atom. The zero-order chi connectivity index (χ0) is 17.9. The molecule has 0 radical (unpaired) electrons. The number of amides is 1. The van der Waals surface area contributed by atoms with Gasteiger partial charge in [0.1, 0.15) is 12.4 Å². The minimum atomic E-state index is -0.241. The maximum absolute atomic E-state index is 12.6. The molecule has 0 saturated carbocycles. The molecule has 0 aliphatic carbocycles. The maximum atomic E-state index is 12.6. The summed E-state index contributed by atoms with van der Waals surface area (Å²) in [5, 5.41) is 5.48. The van der Waals surface area contributed by atoms with E-state index in [1.54, 1.807) is 35.8 Å². The van der Waals surface area contributed by atoms with Gasteiger partial charge in [-0.3, -0.25) is 14.6 Å². The zero-order valence-electron chi connectivity index (χ0n) is 14.2. The Bertz CT molecular complexity index is 980. The van der Waals surface area contributed by atoms with Crippen LogP contribution < -0.4 is 10.5 Å². The van der Waals surface area contributed by atoms with Crippen LogP contribution in [-0.4, -0.2) is 56.7 Å². The summed E-state index contributed by atoms with van der Waals surface area (Å²) in [5.74, 6) is 0.709. The van der Waals surface area contributed by atoms with Crippen LogP contribution >= 0.6 is 0 Å². The Kier molecular flexibility index (Phi) is 4.30. The predicted molar refractivity (Wildman–Crippen MR) is 96.8 cm³/mol. The second kappa shape index (κ2) is 6.91. The van der Waals surface area contributed by atoms with E-state index < -0.39 is 0 Å². The summed E-state index contributed by atoms with van der Waals surface area (Å²) in [6.07, 6.45) is 6.63. The van der Waals surface area contributed by atoms with Crippen LogP contribution in [0.4, 0.5) is 5.82 Å². The molecule has 132 valence electrons. The van der Waals surface area contributed by atoms with Gasteiger partial charge < -0.3 is 9.80 Å². The highest BCUT2D eigenvalue weighted by Gasteiger charge is 2.22. The molecule has 1 saturated heterocycles. The van der Waals surface area contributed by atoms with Gasteiger partial charge in [-0.25, -0.2) is 9.67 Å². The second-order valence-corrected chi connectivity index (χ2v) is 6.13. The average Bonchev–Trinajstić information content (AvgIpc) is 2.71. The number of hydrogen-bond acceptors (Lipinski definition) is 6. The lowest BCUT2D eigenvalue weighted by atomic mass is 10.2. The molecule has 4 rings (SSSR count). The van der Waals surface area contributed by atoms with E-state index in [1.807, 2.05) is 18.2 Å². The van der Waals surface area contributed by atoms with E-state index in [4.69, 9.17) is 0 Å². The molecule has 1 aromatic carbocycles. The highest BCUT2D eigenvalue weighted by atomic mass is 16.2. The number of aromatic nitrogens is 4. The van der Waals surface area contributed by atoms with Crippen molar-refractivity contribution in [1.29, 1.82) is 0 Å². The van der Waals surface area contributed by atoms with Crippen molar-refractivity contribution in [3.63, 3.8) is 0 Å². The van der Waals surface area contributed by atoms with E-state index >= 15 is 0 Å². The number of hydrogen-bond donors (Lipinski definition) is 0. The highest BCUT2D eigenvalue weighted by molar-refractivity contribution is 5.81. The van der Waals surface area contributed by atoms with Gasteiger partial charge >= 0.3 is 0 Å². The zero-order valence-corrected chi connectivity index (χ0v) is 14.2. The van der Waals surface area contributed by atoms with Crippen LogP contribution in [0.15, 0.2) is 53.8 Å². The number of carbonyl (C=O) groups is 1. The monoisotopic (exact) mass is 350 g/mol. The van der Waals surface area contributed by atoms with E-state index in [-0.39, 0.29) is 18.0 Å². The molecule has 3 aromatic rings. The molecular formula is C18H18N6O2. The average molecular weight is 350 g/mol. The summed E-state index contributed by atoms with van der Waals surface area (Å²) in [4.78, 5) is 37.3. The molecule has 8 heteroatoms. The van der Waals surface area contributed by atoms with Gasteiger partial charge in [-0.15, -0.1) is 0 Å². The van der Waals surface area contributed by atoms with Gasteiger partial charge in [0.05, 0.1) is 17.8 Å². The first-order chi connectivity index (χ1) is 12.7. The molecule has 0 spiro atoms. The molecule has 1 aliphatic rings. The van der Waals surface area contributed by atoms with Crippen LogP contribution in [-0.2, 0) is 11.3 Å². The Hall–Kier alpha value is -3.29. The molecule has 1 aliphatic heterocycles. The van der Waals surface area contributed by atoms with Gasteiger partial charge in [0.2, 0.25) is 5.91 Å². The summed E-state index contributed by atoms with van der Waals surface area (Å²) in [6.45, 7) is 2.49. The predicted octanol–water partition coefficient (Wildman–Crippen LogP) is 0.535. The van der Waals surface area contributed by atoms with Gasteiger partial charge in [0.25, 0.3) is 5.56 Å². The van der Waals surface area contributed by atoms with Gasteiger partial charge in [-0.05, 0) is 6.07 Å². The van der Waals surface area contributed by atoms with Crippen molar-refractivity contribution in [3.05, 3.63) is 59.4 Å². The molecule has 3 heterocycles. The van der Waals surface area contributed by atoms with E-state index in [0.29, 0.717) is 31.6 Å². The first-order valence-corrected chi connectivity index (χ1v) is 8.46.